The van der Waals surface area contributed by atoms with Crippen LogP contribution in [0.3, 0.4) is 0 Å². The van der Waals surface area contributed by atoms with Gasteiger partial charge in [0.2, 0.25) is 0 Å². The van der Waals surface area contributed by atoms with Gasteiger partial charge < -0.3 is 13.7 Å². The van der Waals surface area contributed by atoms with Crippen molar-refractivity contribution in [3.8, 4) is 11.1 Å². The van der Waals surface area contributed by atoms with E-state index >= 15 is 0 Å². The van der Waals surface area contributed by atoms with Crippen LogP contribution >= 0.6 is 0 Å². The molecule has 0 aliphatic heterocycles. The molecule has 0 saturated carbocycles. The number of furan rings is 2. The fourth-order valence-electron chi connectivity index (χ4n) is 9.97. The number of nitrogens with zero attached hydrogens (tertiary/aromatic N) is 1. The van der Waals surface area contributed by atoms with E-state index in [-0.39, 0.29) is 5.41 Å². The van der Waals surface area contributed by atoms with Gasteiger partial charge in [-0.15, -0.1) is 0 Å². The Labute approximate surface area is 416 Å². The van der Waals surface area contributed by atoms with E-state index in [0.29, 0.717) is 0 Å². The highest BCUT2D eigenvalue weighted by Crippen LogP contribution is 2.51. The Hall–Kier alpha value is -8.92. The Kier molecular flexibility index (Phi) is 12.1. The molecule has 0 spiro atoms. The predicted octanol–water partition coefficient (Wildman–Crippen LogP) is 19.5. The Bertz CT molecular complexity index is 3690. The molecule has 0 N–H and O–H groups in total. The molecule has 3 heteroatoms. The molecule has 3 nitrogen and oxygen atoms in total. The molecule has 0 saturated heterocycles. The highest BCUT2D eigenvalue weighted by Gasteiger charge is 2.36. The maximum absolute atomic E-state index is 6.33. The van der Waals surface area contributed by atoms with E-state index in [9.17, 15) is 0 Å². The SMILES string of the molecule is C=C/C=C\C.CC1(C)c2cc(/C=C/c3ccccc3)ccc2-c2ccc(N(c3ccc(/C=C/c4cccc5c4oc4ccccc45)cc3)c3ccc(/C=C/c4cccc5c4oc4ccccc45)cc3)cc21. The lowest BCUT2D eigenvalue weighted by molar-refractivity contribution is 0.660. The summed E-state index contributed by atoms with van der Waals surface area (Å²) < 4.78 is 12.7. The zero-order chi connectivity index (χ0) is 48.3. The lowest BCUT2D eigenvalue weighted by Crippen LogP contribution is -2.16. The minimum absolute atomic E-state index is 0.197. The van der Waals surface area contributed by atoms with Crippen LogP contribution < -0.4 is 4.90 Å². The normalized spacial score (nSPS) is 12.9. The summed E-state index contributed by atoms with van der Waals surface area (Å²) in [5.41, 5.74) is 18.7. The van der Waals surface area contributed by atoms with Gasteiger partial charge in [0.25, 0.3) is 0 Å². The van der Waals surface area contributed by atoms with Crippen molar-refractivity contribution in [2.75, 3.05) is 4.90 Å². The maximum Gasteiger partial charge on any atom is 0.142 e. The quantitative estimate of drug-likeness (QED) is 0.101. The molecule has 12 rings (SSSR count). The molecule has 0 fully saturated rings. The second-order valence-corrected chi connectivity index (χ2v) is 18.5. The van der Waals surface area contributed by atoms with E-state index in [1.807, 2.05) is 43.3 Å². The predicted molar refractivity (Wildman–Crippen MR) is 304 cm³/mol. The lowest BCUT2D eigenvalue weighted by atomic mass is 9.81. The van der Waals surface area contributed by atoms with Crippen molar-refractivity contribution in [2.45, 2.75) is 26.2 Å². The first-order chi connectivity index (χ1) is 34.9. The number of hydrogen-bond acceptors (Lipinski definition) is 3. The van der Waals surface area contributed by atoms with Crippen molar-refractivity contribution >= 4 is 97.4 Å². The zero-order valence-electron chi connectivity index (χ0n) is 40.2. The fourth-order valence-corrected chi connectivity index (χ4v) is 9.97. The number of fused-ring (bicyclic) bond motifs is 9. The Morgan fingerprint density at radius 2 is 0.845 bits per heavy atom. The van der Waals surface area contributed by atoms with E-state index in [1.54, 1.807) is 6.08 Å². The molecular formula is C68H53NO2. The lowest BCUT2D eigenvalue weighted by Gasteiger charge is -2.28. The van der Waals surface area contributed by atoms with Crippen molar-refractivity contribution < 1.29 is 8.83 Å². The van der Waals surface area contributed by atoms with Crippen LogP contribution in [0.2, 0.25) is 0 Å². The summed E-state index contributed by atoms with van der Waals surface area (Å²) in [5.74, 6) is 0. The summed E-state index contributed by atoms with van der Waals surface area (Å²) in [6, 6.07) is 71.3. The molecule has 1 aliphatic rings. The maximum atomic E-state index is 6.33. The molecule has 71 heavy (non-hydrogen) atoms. The number of allylic oxidation sites excluding steroid dienone is 3. The van der Waals surface area contributed by atoms with Crippen LogP contribution in [0.15, 0.2) is 234 Å². The summed E-state index contributed by atoms with van der Waals surface area (Å²) in [6.07, 6.45) is 18.6. The van der Waals surface area contributed by atoms with Crippen LogP contribution in [0.4, 0.5) is 17.1 Å². The Morgan fingerprint density at radius 3 is 1.38 bits per heavy atom. The highest BCUT2D eigenvalue weighted by molar-refractivity contribution is 6.08. The van der Waals surface area contributed by atoms with Gasteiger partial charge in [-0.2, -0.15) is 0 Å². The molecule has 0 amide bonds. The second kappa shape index (κ2) is 19.2. The summed E-state index contributed by atoms with van der Waals surface area (Å²) in [4.78, 5) is 2.37. The molecule has 0 radical (unpaired) electrons. The first kappa shape index (κ1) is 44.6. The number of anilines is 3. The van der Waals surface area contributed by atoms with Crippen LogP contribution in [-0.4, -0.2) is 0 Å². The summed E-state index contributed by atoms with van der Waals surface area (Å²) in [6.45, 7) is 10.1. The fraction of sp³-hybridized carbons (Fsp3) is 0.0588. The molecule has 11 aromatic rings. The van der Waals surface area contributed by atoms with Crippen LogP contribution in [-0.2, 0) is 5.41 Å². The van der Waals surface area contributed by atoms with Crippen LogP contribution in [0.1, 0.15) is 65.3 Å². The highest BCUT2D eigenvalue weighted by atomic mass is 16.3. The van der Waals surface area contributed by atoms with Crippen molar-refractivity contribution in [3.05, 3.63) is 270 Å². The van der Waals surface area contributed by atoms with Crippen LogP contribution in [0.5, 0.6) is 0 Å². The summed E-state index contributed by atoms with van der Waals surface area (Å²) in [7, 11) is 0. The molecule has 342 valence electrons. The van der Waals surface area contributed by atoms with Gasteiger partial charge in [0.05, 0.1) is 0 Å². The van der Waals surface area contributed by atoms with Gasteiger partial charge in [0.15, 0.2) is 0 Å². The third-order valence-electron chi connectivity index (χ3n) is 13.6. The van der Waals surface area contributed by atoms with Gasteiger partial charge in [-0.3, -0.25) is 0 Å². The molecule has 1 aliphatic carbocycles. The molecule has 0 bridgehead atoms. The topological polar surface area (TPSA) is 29.5 Å². The van der Waals surface area contributed by atoms with Crippen LogP contribution in [0, 0.1) is 0 Å². The minimum atomic E-state index is -0.197. The largest absolute Gasteiger partial charge is 0.455 e. The number of hydrogen-bond donors (Lipinski definition) is 0. The van der Waals surface area contributed by atoms with E-state index in [1.165, 1.54) is 33.4 Å². The van der Waals surface area contributed by atoms with Gasteiger partial charge in [-0.25, -0.2) is 0 Å². The third-order valence-corrected chi connectivity index (χ3v) is 13.6. The molecule has 2 aromatic heterocycles. The van der Waals surface area contributed by atoms with Gasteiger partial charge in [0.1, 0.15) is 22.3 Å². The van der Waals surface area contributed by atoms with Crippen molar-refractivity contribution in [1.82, 2.24) is 0 Å². The number of rotatable bonds is 10. The summed E-state index contributed by atoms with van der Waals surface area (Å²) in [5, 5.41) is 4.53. The van der Waals surface area contributed by atoms with Gasteiger partial charge in [-0.1, -0.05) is 227 Å². The number of benzene rings is 9. The standard InChI is InChI=1S/C63H45NO2.C5H8/c1-63(2)57-40-45(23-22-42-12-4-3-5-13-42)30-38-51(57)52-39-37-50(41-58(52)63)64(48-33-26-43(27-34-48)24-31-46-14-10-18-55-53-16-6-8-20-59(53)65-61(46)55)49-35-28-44(29-36-49)25-32-47-15-11-19-56-54-17-7-9-21-60(54)66-62(47)56;1-3-5-4-2/h3-41H,1-2H3;3-5H,1H2,2H3/b23-22+,31-24+,32-25+;5-4-. The molecule has 0 atom stereocenters. The van der Waals surface area contributed by atoms with E-state index in [2.05, 4.69) is 238 Å². The Balaban J connectivity index is 0.00000104. The first-order valence-electron chi connectivity index (χ1n) is 24.3. The molecular weight excluding hydrogens is 863 g/mol. The Morgan fingerprint density at radius 1 is 0.408 bits per heavy atom. The molecule has 2 heterocycles. The first-order valence-corrected chi connectivity index (χ1v) is 24.3. The average Bonchev–Trinajstić information content (AvgIpc) is 4.06. The van der Waals surface area contributed by atoms with Crippen molar-refractivity contribution in [1.29, 1.82) is 0 Å². The van der Waals surface area contributed by atoms with Crippen molar-refractivity contribution in [3.63, 3.8) is 0 Å². The van der Waals surface area contributed by atoms with Gasteiger partial charge >= 0.3 is 0 Å². The van der Waals surface area contributed by atoms with Crippen LogP contribution in [0.25, 0.3) is 91.5 Å². The van der Waals surface area contributed by atoms with Crippen molar-refractivity contribution in [2.24, 2.45) is 0 Å². The summed E-state index contributed by atoms with van der Waals surface area (Å²) >= 11 is 0. The molecule has 9 aromatic carbocycles. The molecule has 0 unspecified atom stereocenters. The van der Waals surface area contributed by atoms with E-state index in [0.717, 1.165) is 83.2 Å². The monoisotopic (exact) mass is 915 g/mol. The number of para-hydroxylation sites is 4. The minimum Gasteiger partial charge on any atom is -0.455 e. The zero-order valence-corrected chi connectivity index (χ0v) is 40.2. The van der Waals surface area contributed by atoms with E-state index < -0.39 is 0 Å². The van der Waals surface area contributed by atoms with Gasteiger partial charge in [0, 0.05) is 55.1 Å². The van der Waals surface area contributed by atoms with Gasteiger partial charge in [-0.05, 0) is 100.0 Å². The van der Waals surface area contributed by atoms with E-state index in [4.69, 9.17) is 8.83 Å². The second-order valence-electron chi connectivity index (χ2n) is 18.5. The third kappa shape index (κ3) is 8.75. The average molecular weight is 916 g/mol. The smallest absolute Gasteiger partial charge is 0.142 e.